The first-order valence-corrected chi connectivity index (χ1v) is 6.32. The zero-order valence-electron chi connectivity index (χ0n) is 10.9. The van der Waals surface area contributed by atoms with Crippen LogP contribution in [0.4, 0.5) is 0 Å². The van der Waals surface area contributed by atoms with E-state index in [1.165, 1.54) is 11.1 Å². The summed E-state index contributed by atoms with van der Waals surface area (Å²) in [5.41, 5.74) is 2.65. The maximum absolute atomic E-state index is 9.17. The molecule has 0 fully saturated rings. The van der Waals surface area contributed by atoms with Gasteiger partial charge in [0.25, 0.3) is 0 Å². The number of aryl methyl sites for hydroxylation is 3. The van der Waals surface area contributed by atoms with Crippen LogP contribution in [-0.2, 0) is 26.0 Å². The van der Waals surface area contributed by atoms with Crippen molar-refractivity contribution in [3.05, 3.63) is 47.0 Å². The van der Waals surface area contributed by atoms with E-state index in [4.69, 9.17) is 5.11 Å². The molecule has 0 radical (unpaired) electrons. The van der Waals surface area contributed by atoms with E-state index in [2.05, 4.69) is 41.4 Å². The van der Waals surface area contributed by atoms with Crippen LogP contribution in [0.1, 0.15) is 29.7 Å². The normalized spacial score (nSPS) is 10.8. The molecule has 96 valence electrons. The third kappa shape index (κ3) is 2.59. The third-order valence-electron chi connectivity index (χ3n) is 3.24. The summed E-state index contributed by atoms with van der Waals surface area (Å²) >= 11 is 0. The molecule has 0 amide bonds. The highest BCUT2D eigenvalue weighted by Crippen LogP contribution is 2.11. The predicted molar refractivity (Wildman–Crippen MR) is 70.2 cm³/mol. The first-order valence-electron chi connectivity index (χ1n) is 6.32. The van der Waals surface area contributed by atoms with E-state index in [9.17, 15) is 0 Å². The molecule has 0 aliphatic rings. The zero-order valence-corrected chi connectivity index (χ0v) is 10.9. The van der Waals surface area contributed by atoms with Crippen molar-refractivity contribution in [2.75, 3.05) is 0 Å². The van der Waals surface area contributed by atoms with Gasteiger partial charge < -0.3 is 9.67 Å². The van der Waals surface area contributed by atoms with E-state index < -0.39 is 0 Å². The minimum Gasteiger partial charge on any atom is -0.388 e. The highest BCUT2D eigenvalue weighted by molar-refractivity contribution is 5.26. The Kier molecular flexibility index (Phi) is 4.10. The first-order chi connectivity index (χ1) is 8.76. The average Bonchev–Trinajstić information content (AvgIpc) is 2.79. The number of hydrogen-bond acceptors (Lipinski definition) is 3. The Morgan fingerprint density at radius 3 is 2.50 bits per heavy atom. The number of nitrogens with zero attached hydrogens (tertiary/aromatic N) is 3. The molecule has 0 atom stereocenters. The van der Waals surface area contributed by atoms with E-state index in [1.807, 2.05) is 11.5 Å². The standard InChI is InChI=1S/C14H19N3O/c1-3-17-13(15-16-14(17)10-18)9-8-12-7-5-4-6-11(12)2/h4-7,18H,3,8-10H2,1-2H3. The molecule has 0 aliphatic heterocycles. The molecule has 4 heteroatoms. The minimum atomic E-state index is -0.0504. The molecule has 1 aromatic heterocycles. The fourth-order valence-electron chi connectivity index (χ4n) is 2.18. The number of hydrogen-bond donors (Lipinski definition) is 1. The highest BCUT2D eigenvalue weighted by Gasteiger charge is 2.09. The summed E-state index contributed by atoms with van der Waals surface area (Å²) in [6.45, 7) is 4.91. The minimum absolute atomic E-state index is 0.0504. The Morgan fingerprint density at radius 2 is 1.83 bits per heavy atom. The smallest absolute Gasteiger partial charge is 0.158 e. The van der Waals surface area contributed by atoms with Gasteiger partial charge in [-0.1, -0.05) is 24.3 Å². The van der Waals surface area contributed by atoms with Gasteiger partial charge in [0.1, 0.15) is 12.4 Å². The second kappa shape index (κ2) is 5.78. The maximum Gasteiger partial charge on any atom is 0.158 e. The van der Waals surface area contributed by atoms with Crippen molar-refractivity contribution in [3.63, 3.8) is 0 Å². The number of aliphatic hydroxyl groups excluding tert-OH is 1. The van der Waals surface area contributed by atoms with Gasteiger partial charge in [0, 0.05) is 13.0 Å². The van der Waals surface area contributed by atoms with Crippen LogP contribution in [0.15, 0.2) is 24.3 Å². The van der Waals surface area contributed by atoms with E-state index in [1.54, 1.807) is 0 Å². The molecule has 1 N–H and O–H groups in total. The van der Waals surface area contributed by atoms with Crippen LogP contribution in [0.3, 0.4) is 0 Å². The van der Waals surface area contributed by atoms with Crippen molar-refractivity contribution in [2.45, 2.75) is 39.8 Å². The Bertz CT molecular complexity index is 520. The maximum atomic E-state index is 9.17. The lowest BCUT2D eigenvalue weighted by atomic mass is 10.0. The SMILES string of the molecule is CCn1c(CO)nnc1CCc1ccccc1C. The summed E-state index contributed by atoms with van der Waals surface area (Å²) in [4.78, 5) is 0. The molecule has 0 spiro atoms. The Morgan fingerprint density at radius 1 is 1.11 bits per heavy atom. The summed E-state index contributed by atoms with van der Waals surface area (Å²) in [7, 11) is 0. The Balaban J connectivity index is 2.11. The van der Waals surface area contributed by atoms with Gasteiger partial charge in [0.15, 0.2) is 5.82 Å². The number of aromatic nitrogens is 3. The summed E-state index contributed by atoms with van der Waals surface area (Å²) in [5.74, 6) is 1.60. The molecule has 18 heavy (non-hydrogen) atoms. The van der Waals surface area contributed by atoms with Crippen LogP contribution >= 0.6 is 0 Å². The topological polar surface area (TPSA) is 50.9 Å². The molecule has 2 aromatic rings. The fourth-order valence-corrected chi connectivity index (χ4v) is 2.18. The van der Waals surface area contributed by atoms with Gasteiger partial charge in [0.05, 0.1) is 0 Å². The van der Waals surface area contributed by atoms with Crippen molar-refractivity contribution in [3.8, 4) is 0 Å². The van der Waals surface area contributed by atoms with E-state index in [0.29, 0.717) is 5.82 Å². The van der Waals surface area contributed by atoms with E-state index in [0.717, 1.165) is 25.2 Å². The molecule has 0 saturated heterocycles. The quantitative estimate of drug-likeness (QED) is 0.875. The van der Waals surface area contributed by atoms with Crippen molar-refractivity contribution >= 4 is 0 Å². The first kappa shape index (κ1) is 12.8. The van der Waals surface area contributed by atoms with Crippen molar-refractivity contribution < 1.29 is 5.11 Å². The third-order valence-corrected chi connectivity index (χ3v) is 3.24. The molecule has 0 bridgehead atoms. The van der Waals surface area contributed by atoms with E-state index >= 15 is 0 Å². The Hall–Kier alpha value is -1.68. The van der Waals surface area contributed by atoms with Crippen LogP contribution in [0.2, 0.25) is 0 Å². The summed E-state index contributed by atoms with van der Waals surface area (Å²) in [6, 6.07) is 8.39. The van der Waals surface area contributed by atoms with Gasteiger partial charge >= 0.3 is 0 Å². The van der Waals surface area contributed by atoms with Crippen molar-refractivity contribution in [1.29, 1.82) is 0 Å². The molecule has 0 saturated carbocycles. The van der Waals surface area contributed by atoms with Gasteiger partial charge in [0.2, 0.25) is 0 Å². The van der Waals surface area contributed by atoms with Gasteiger partial charge in [-0.2, -0.15) is 0 Å². The fraction of sp³-hybridized carbons (Fsp3) is 0.429. The monoisotopic (exact) mass is 245 g/mol. The highest BCUT2D eigenvalue weighted by atomic mass is 16.3. The molecule has 2 rings (SSSR count). The van der Waals surface area contributed by atoms with Crippen LogP contribution in [0, 0.1) is 6.92 Å². The molecule has 1 aromatic carbocycles. The molecule has 0 unspecified atom stereocenters. The van der Waals surface area contributed by atoms with Crippen molar-refractivity contribution in [1.82, 2.24) is 14.8 Å². The molecular weight excluding hydrogens is 226 g/mol. The molecule has 1 heterocycles. The second-order valence-corrected chi connectivity index (χ2v) is 4.36. The molecule has 0 aliphatic carbocycles. The predicted octanol–water partition coefficient (Wildman–Crippen LogP) is 1.88. The van der Waals surface area contributed by atoms with Gasteiger partial charge in [-0.05, 0) is 31.4 Å². The van der Waals surface area contributed by atoms with Gasteiger partial charge in [-0.25, -0.2) is 0 Å². The number of benzene rings is 1. The average molecular weight is 245 g/mol. The van der Waals surface area contributed by atoms with Gasteiger partial charge in [-0.15, -0.1) is 10.2 Å². The van der Waals surface area contributed by atoms with Crippen LogP contribution in [0.5, 0.6) is 0 Å². The van der Waals surface area contributed by atoms with Crippen LogP contribution in [-0.4, -0.2) is 19.9 Å². The zero-order chi connectivity index (χ0) is 13.0. The second-order valence-electron chi connectivity index (χ2n) is 4.36. The lowest BCUT2D eigenvalue weighted by Crippen LogP contribution is -2.07. The summed E-state index contributed by atoms with van der Waals surface area (Å²) < 4.78 is 1.98. The van der Waals surface area contributed by atoms with E-state index in [-0.39, 0.29) is 6.61 Å². The van der Waals surface area contributed by atoms with Crippen molar-refractivity contribution in [2.24, 2.45) is 0 Å². The van der Waals surface area contributed by atoms with Crippen LogP contribution in [0.25, 0.3) is 0 Å². The van der Waals surface area contributed by atoms with Crippen LogP contribution < -0.4 is 0 Å². The summed E-state index contributed by atoms with van der Waals surface area (Å²) in [5, 5.41) is 17.3. The van der Waals surface area contributed by atoms with Gasteiger partial charge in [-0.3, -0.25) is 0 Å². The molecule has 4 nitrogen and oxygen atoms in total. The Labute approximate surface area is 107 Å². The lowest BCUT2D eigenvalue weighted by molar-refractivity contribution is 0.264. The summed E-state index contributed by atoms with van der Waals surface area (Å²) in [6.07, 6.45) is 1.81. The largest absolute Gasteiger partial charge is 0.388 e. The number of aliphatic hydroxyl groups is 1. The lowest BCUT2D eigenvalue weighted by Gasteiger charge is -2.07. The molecular formula is C14H19N3O. The number of rotatable bonds is 5.